The number of hydrogen-bond acceptors (Lipinski definition) is 3. The molecule has 0 spiro atoms. The number of benzene rings is 2. The summed E-state index contributed by atoms with van der Waals surface area (Å²) >= 11 is 0. The van der Waals surface area contributed by atoms with Gasteiger partial charge in [-0.25, -0.2) is 8.42 Å². The van der Waals surface area contributed by atoms with Crippen molar-refractivity contribution in [2.75, 3.05) is 4.72 Å². The van der Waals surface area contributed by atoms with Gasteiger partial charge in [0.2, 0.25) is 10.0 Å². The summed E-state index contributed by atoms with van der Waals surface area (Å²) in [7, 11) is -3.64. The highest BCUT2D eigenvalue weighted by Gasteiger charge is 2.19. The molecule has 2 rings (SSSR count). The minimum absolute atomic E-state index is 0.468. The fourth-order valence-electron chi connectivity index (χ4n) is 1.57. The van der Waals surface area contributed by atoms with Gasteiger partial charge in [0.25, 0.3) is 0 Å². The maximum absolute atomic E-state index is 11.7. The van der Waals surface area contributed by atoms with Gasteiger partial charge in [0.15, 0.2) is 5.25 Å². The Morgan fingerprint density at radius 2 is 1.83 bits per heavy atom. The summed E-state index contributed by atoms with van der Waals surface area (Å²) in [4.78, 5) is 0. The zero-order valence-electron chi connectivity index (χ0n) is 9.79. The first kappa shape index (κ1) is 12.4. The molecule has 92 valence electrons. The smallest absolute Gasteiger partial charge is 0.248 e. The first-order valence-electron chi connectivity index (χ1n) is 5.43. The molecule has 0 aliphatic heterocycles. The fraction of sp³-hybridized carbons (Fsp3) is 0.154. The molecule has 0 aromatic heterocycles. The van der Waals surface area contributed by atoms with Crippen LogP contribution in [0.2, 0.25) is 0 Å². The number of fused-ring (bicyclic) bond motifs is 1. The van der Waals surface area contributed by atoms with Crippen LogP contribution >= 0.6 is 0 Å². The van der Waals surface area contributed by atoms with Crippen molar-refractivity contribution in [1.82, 2.24) is 0 Å². The van der Waals surface area contributed by atoms with Crippen LogP contribution in [-0.4, -0.2) is 13.7 Å². The Bertz CT molecular complexity index is 717. The van der Waals surface area contributed by atoms with Crippen LogP contribution in [0.4, 0.5) is 5.69 Å². The molecule has 0 fully saturated rings. The Hall–Kier alpha value is -2.06. The zero-order valence-corrected chi connectivity index (χ0v) is 10.6. The Morgan fingerprint density at radius 1 is 1.17 bits per heavy atom. The molecule has 0 saturated heterocycles. The Morgan fingerprint density at radius 3 is 2.50 bits per heavy atom. The van der Waals surface area contributed by atoms with Gasteiger partial charge in [0, 0.05) is 5.69 Å². The van der Waals surface area contributed by atoms with E-state index < -0.39 is 15.3 Å². The van der Waals surface area contributed by atoms with E-state index in [9.17, 15) is 8.42 Å². The molecule has 18 heavy (non-hydrogen) atoms. The van der Waals surface area contributed by atoms with E-state index in [1.807, 2.05) is 30.3 Å². The van der Waals surface area contributed by atoms with E-state index in [4.69, 9.17) is 5.26 Å². The number of nitrogens with one attached hydrogen (secondary N) is 1. The predicted octanol–water partition coefficient (Wildman–Crippen LogP) is 2.49. The van der Waals surface area contributed by atoms with E-state index in [0.717, 1.165) is 10.8 Å². The first-order valence-corrected chi connectivity index (χ1v) is 6.97. The average Bonchev–Trinajstić information content (AvgIpc) is 2.37. The normalized spacial score (nSPS) is 12.9. The van der Waals surface area contributed by atoms with Crippen LogP contribution in [0, 0.1) is 11.3 Å². The van der Waals surface area contributed by atoms with Crippen molar-refractivity contribution in [3.8, 4) is 6.07 Å². The molecule has 0 heterocycles. The second-order valence-electron chi connectivity index (χ2n) is 3.98. The van der Waals surface area contributed by atoms with Gasteiger partial charge < -0.3 is 0 Å². The van der Waals surface area contributed by atoms with Crippen LogP contribution in [0.1, 0.15) is 6.92 Å². The monoisotopic (exact) mass is 260 g/mol. The molecule has 0 aliphatic carbocycles. The third-order valence-corrected chi connectivity index (χ3v) is 4.21. The number of rotatable bonds is 3. The van der Waals surface area contributed by atoms with Gasteiger partial charge in [-0.3, -0.25) is 4.72 Å². The Balaban J connectivity index is 2.36. The summed E-state index contributed by atoms with van der Waals surface area (Å²) in [5, 5.41) is 9.55. The van der Waals surface area contributed by atoms with Crippen LogP contribution in [0.15, 0.2) is 42.5 Å². The van der Waals surface area contributed by atoms with Gasteiger partial charge in [-0.15, -0.1) is 0 Å². The van der Waals surface area contributed by atoms with Crippen LogP contribution < -0.4 is 4.72 Å². The third-order valence-electron chi connectivity index (χ3n) is 2.66. The second-order valence-corrected chi connectivity index (χ2v) is 5.98. The minimum Gasteiger partial charge on any atom is -0.282 e. The largest absolute Gasteiger partial charge is 0.282 e. The molecule has 0 bridgehead atoms. The predicted molar refractivity (Wildman–Crippen MR) is 71.6 cm³/mol. The van der Waals surface area contributed by atoms with E-state index in [-0.39, 0.29) is 0 Å². The molecule has 4 nitrogen and oxygen atoms in total. The van der Waals surface area contributed by atoms with Gasteiger partial charge in [-0.1, -0.05) is 30.3 Å². The highest BCUT2D eigenvalue weighted by Crippen LogP contribution is 2.20. The number of hydrogen-bond donors (Lipinski definition) is 1. The van der Waals surface area contributed by atoms with E-state index >= 15 is 0 Å². The van der Waals surface area contributed by atoms with Gasteiger partial charge in [-0.2, -0.15) is 5.26 Å². The molecule has 0 saturated carbocycles. The van der Waals surface area contributed by atoms with Crippen LogP contribution in [-0.2, 0) is 10.0 Å². The van der Waals surface area contributed by atoms with Gasteiger partial charge in [0.05, 0.1) is 6.07 Å². The van der Waals surface area contributed by atoms with Crippen molar-refractivity contribution < 1.29 is 8.42 Å². The summed E-state index contributed by atoms with van der Waals surface area (Å²) in [6, 6.07) is 14.6. The lowest BCUT2D eigenvalue weighted by molar-refractivity contribution is 0.597. The summed E-state index contributed by atoms with van der Waals surface area (Å²) in [5.74, 6) is 0. The fourth-order valence-corrected chi connectivity index (χ4v) is 2.35. The van der Waals surface area contributed by atoms with Crippen molar-refractivity contribution in [2.24, 2.45) is 0 Å². The number of nitrogens with zero attached hydrogens (tertiary/aromatic N) is 1. The number of nitriles is 1. The summed E-state index contributed by atoms with van der Waals surface area (Å²) in [6.07, 6.45) is 0. The zero-order chi connectivity index (χ0) is 13.2. The second kappa shape index (κ2) is 4.67. The third kappa shape index (κ3) is 2.44. The van der Waals surface area contributed by atoms with Gasteiger partial charge >= 0.3 is 0 Å². The molecule has 2 aromatic carbocycles. The molecule has 1 unspecified atom stereocenters. The molecule has 0 radical (unpaired) electrons. The molecule has 0 aliphatic rings. The van der Waals surface area contributed by atoms with Crippen molar-refractivity contribution in [3.63, 3.8) is 0 Å². The van der Waals surface area contributed by atoms with Crippen molar-refractivity contribution >= 4 is 26.5 Å². The average molecular weight is 260 g/mol. The molecule has 1 atom stereocenters. The molecular formula is C13H12N2O2S. The molecule has 0 amide bonds. The molecule has 1 N–H and O–H groups in total. The van der Waals surface area contributed by atoms with Crippen molar-refractivity contribution in [3.05, 3.63) is 42.5 Å². The lowest BCUT2D eigenvalue weighted by Crippen LogP contribution is -2.23. The quantitative estimate of drug-likeness (QED) is 0.921. The first-order chi connectivity index (χ1) is 8.53. The summed E-state index contributed by atoms with van der Waals surface area (Å²) in [5.41, 5.74) is 0.468. The maximum Gasteiger partial charge on any atom is 0.248 e. The van der Waals surface area contributed by atoms with Crippen LogP contribution in [0.5, 0.6) is 0 Å². The standard InChI is InChI=1S/C13H12N2O2S/c1-10(9-14)18(16,17)15-13-7-6-11-4-2-3-5-12(11)8-13/h2-8,10,15H,1H3. The topological polar surface area (TPSA) is 70.0 Å². The van der Waals surface area contributed by atoms with Gasteiger partial charge in [-0.05, 0) is 29.8 Å². The highest BCUT2D eigenvalue weighted by molar-refractivity contribution is 7.93. The van der Waals surface area contributed by atoms with Crippen LogP contribution in [0.25, 0.3) is 10.8 Å². The SMILES string of the molecule is CC(C#N)S(=O)(=O)Nc1ccc2ccccc2c1. The van der Waals surface area contributed by atoms with Gasteiger partial charge in [0.1, 0.15) is 0 Å². The van der Waals surface area contributed by atoms with Crippen molar-refractivity contribution in [1.29, 1.82) is 5.26 Å². The maximum atomic E-state index is 11.7. The molecular weight excluding hydrogens is 248 g/mol. The van der Waals surface area contributed by atoms with Crippen molar-refractivity contribution in [2.45, 2.75) is 12.2 Å². The van der Waals surface area contributed by atoms with E-state index in [2.05, 4.69) is 4.72 Å². The molecule has 5 heteroatoms. The highest BCUT2D eigenvalue weighted by atomic mass is 32.2. The number of anilines is 1. The summed E-state index contributed by atoms with van der Waals surface area (Å²) in [6.45, 7) is 1.35. The number of sulfonamides is 1. The Kier molecular flexibility index (Phi) is 3.21. The van der Waals surface area contributed by atoms with E-state index in [1.165, 1.54) is 6.92 Å². The summed E-state index contributed by atoms with van der Waals surface area (Å²) < 4.78 is 25.9. The lowest BCUT2D eigenvalue weighted by atomic mass is 10.1. The Labute approximate surface area is 106 Å². The lowest BCUT2D eigenvalue weighted by Gasteiger charge is -2.09. The van der Waals surface area contributed by atoms with E-state index in [0.29, 0.717) is 5.69 Å². The molecule has 2 aromatic rings. The van der Waals surface area contributed by atoms with E-state index in [1.54, 1.807) is 18.2 Å². The van der Waals surface area contributed by atoms with Crippen LogP contribution in [0.3, 0.4) is 0 Å². The minimum atomic E-state index is -3.64.